The van der Waals surface area contributed by atoms with Crippen LogP contribution in [0.3, 0.4) is 0 Å². The summed E-state index contributed by atoms with van der Waals surface area (Å²) in [5, 5.41) is 20.4. The fourth-order valence-corrected chi connectivity index (χ4v) is 1.93. The Kier molecular flexibility index (Phi) is 2.92. The van der Waals surface area contributed by atoms with Crippen molar-refractivity contribution < 1.29 is 19.6 Å². The molecule has 1 aliphatic heterocycles. The van der Waals surface area contributed by atoms with Crippen molar-refractivity contribution in [3.63, 3.8) is 0 Å². The van der Waals surface area contributed by atoms with Crippen molar-refractivity contribution >= 4 is 34.7 Å². The zero-order valence-electron chi connectivity index (χ0n) is 8.92. The van der Waals surface area contributed by atoms with E-state index in [1.807, 2.05) is 0 Å². The number of aromatic hydroxyl groups is 1. The van der Waals surface area contributed by atoms with Gasteiger partial charge in [-0.1, -0.05) is 11.6 Å². The number of anilines is 1. The summed E-state index contributed by atoms with van der Waals surface area (Å²) in [6.45, 7) is -0.218. The van der Waals surface area contributed by atoms with Crippen molar-refractivity contribution in [1.29, 1.82) is 0 Å². The highest BCUT2D eigenvalue weighted by Crippen LogP contribution is 2.40. The van der Waals surface area contributed by atoms with E-state index in [-0.39, 0.29) is 29.5 Å². The molecule has 1 aromatic carbocycles. The summed E-state index contributed by atoms with van der Waals surface area (Å²) in [5.74, 6) is -1.51. The summed E-state index contributed by atoms with van der Waals surface area (Å²) < 4.78 is 0. The number of nitrogens with zero attached hydrogens (tertiary/aromatic N) is 2. The number of phenolic OH excluding ortho intramolecular Hbond substituents is 1. The van der Waals surface area contributed by atoms with Gasteiger partial charge in [-0.25, -0.2) is 0 Å². The van der Waals surface area contributed by atoms with Crippen LogP contribution in [0.1, 0.15) is 6.42 Å². The van der Waals surface area contributed by atoms with Crippen LogP contribution in [-0.4, -0.2) is 28.3 Å². The largest absolute Gasteiger partial charge is 0.501 e. The highest BCUT2D eigenvalue weighted by Gasteiger charge is 2.33. The lowest BCUT2D eigenvalue weighted by Gasteiger charge is -2.16. The van der Waals surface area contributed by atoms with Gasteiger partial charge in [-0.2, -0.15) is 0 Å². The molecule has 0 aliphatic carbocycles. The molecule has 94 valence electrons. The van der Waals surface area contributed by atoms with E-state index in [1.165, 1.54) is 6.07 Å². The van der Waals surface area contributed by atoms with Crippen molar-refractivity contribution in [1.82, 2.24) is 0 Å². The molecule has 0 radical (unpaired) electrons. The SMILES string of the molecule is O=C1CC(=O)N(c2cc(Cl)cc([N+](=O)[O-])c2O)C1. The summed E-state index contributed by atoms with van der Waals surface area (Å²) in [7, 11) is 0. The molecule has 0 atom stereocenters. The van der Waals surface area contributed by atoms with Crippen LogP contribution in [0.5, 0.6) is 5.75 Å². The van der Waals surface area contributed by atoms with E-state index in [0.29, 0.717) is 0 Å². The smallest absolute Gasteiger partial charge is 0.314 e. The van der Waals surface area contributed by atoms with Gasteiger partial charge in [-0.05, 0) is 6.07 Å². The number of halogens is 1. The van der Waals surface area contributed by atoms with Gasteiger partial charge in [0.15, 0.2) is 5.78 Å². The fourth-order valence-electron chi connectivity index (χ4n) is 1.72. The highest BCUT2D eigenvalue weighted by atomic mass is 35.5. The zero-order chi connectivity index (χ0) is 13.4. The summed E-state index contributed by atoms with van der Waals surface area (Å²) in [6, 6.07) is 2.18. The maximum absolute atomic E-state index is 11.5. The minimum Gasteiger partial charge on any atom is -0.501 e. The number of phenols is 1. The quantitative estimate of drug-likeness (QED) is 0.495. The van der Waals surface area contributed by atoms with Gasteiger partial charge in [0.2, 0.25) is 11.7 Å². The van der Waals surface area contributed by atoms with Crippen LogP contribution in [0.2, 0.25) is 5.02 Å². The number of nitro groups is 1. The van der Waals surface area contributed by atoms with E-state index in [2.05, 4.69) is 0 Å². The summed E-state index contributed by atoms with van der Waals surface area (Å²) in [5.41, 5.74) is -0.727. The molecule has 1 aliphatic rings. The van der Waals surface area contributed by atoms with Crippen molar-refractivity contribution in [3.8, 4) is 5.75 Å². The molecule has 1 aromatic rings. The molecule has 1 N–H and O–H groups in total. The minimum absolute atomic E-state index is 0.00153. The van der Waals surface area contributed by atoms with Crippen molar-refractivity contribution in [3.05, 3.63) is 27.3 Å². The van der Waals surface area contributed by atoms with Crippen LogP contribution in [0.25, 0.3) is 0 Å². The molecule has 1 amide bonds. The zero-order valence-corrected chi connectivity index (χ0v) is 9.68. The van der Waals surface area contributed by atoms with Gasteiger partial charge in [0, 0.05) is 11.1 Å². The first kappa shape index (κ1) is 12.3. The third kappa shape index (κ3) is 2.00. The van der Waals surface area contributed by atoms with Gasteiger partial charge in [0.25, 0.3) is 0 Å². The van der Waals surface area contributed by atoms with E-state index in [4.69, 9.17) is 11.6 Å². The predicted molar refractivity (Wildman–Crippen MR) is 61.7 cm³/mol. The lowest BCUT2D eigenvalue weighted by Crippen LogP contribution is -2.24. The van der Waals surface area contributed by atoms with Crippen molar-refractivity contribution in [2.45, 2.75) is 6.42 Å². The lowest BCUT2D eigenvalue weighted by atomic mass is 10.2. The fraction of sp³-hybridized carbons (Fsp3) is 0.200. The van der Waals surface area contributed by atoms with E-state index in [1.54, 1.807) is 0 Å². The number of benzene rings is 1. The van der Waals surface area contributed by atoms with Gasteiger partial charge in [-0.3, -0.25) is 19.7 Å². The van der Waals surface area contributed by atoms with Gasteiger partial charge in [-0.15, -0.1) is 0 Å². The van der Waals surface area contributed by atoms with Crippen LogP contribution >= 0.6 is 11.6 Å². The Bertz CT molecular complexity index is 572. The molecule has 0 bridgehead atoms. The second kappa shape index (κ2) is 4.26. The normalized spacial score (nSPS) is 15.3. The van der Waals surface area contributed by atoms with Crippen LogP contribution < -0.4 is 4.90 Å². The maximum Gasteiger partial charge on any atom is 0.314 e. The summed E-state index contributed by atoms with van der Waals surface area (Å²) >= 11 is 5.69. The Morgan fingerprint density at radius 2 is 2.06 bits per heavy atom. The number of hydrogen-bond donors (Lipinski definition) is 1. The van der Waals surface area contributed by atoms with E-state index >= 15 is 0 Å². The Hall–Kier alpha value is -2.15. The Morgan fingerprint density at radius 3 is 2.56 bits per heavy atom. The first-order chi connectivity index (χ1) is 8.40. The van der Waals surface area contributed by atoms with E-state index < -0.39 is 22.3 Å². The third-order valence-corrected chi connectivity index (χ3v) is 2.72. The number of hydrogen-bond acceptors (Lipinski definition) is 5. The summed E-state index contributed by atoms with van der Waals surface area (Å²) in [4.78, 5) is 33.5. The topological polar surface area (TPSA) is 101 Å². The molecule has 1 fully saturated rings. The maximum atomic E-state index is 11.5. The number of ketones is 1. The molecule has 18 heavy (non-hydrogen) atoms. The molecule has 8 heteroatoms. The Morgan fingerprint density at radius 1 is 1.39 bits per heavy atom. The number of rotatable bonds is 2. The van der Waals surface area contributed by atoms with Crippen LogP contribution in [0.4, 0.5) is 11.4 Å². The highest BCUT2D eigenvalue weighted by molar-refractivity contribution is 6.31. The number of nitro benzene ring substituents is 1. The van der Waals surface area contributed by atoms with Gasteiger partial charge >= 0.3 is 5.69 Å². The molecule has 0 aromatic heterocycles. The first-order valence-electron chi connectivity index (χ1n) is 4.89. The van der Waals surface area contributed by atoms with Gasteiger partial charge in [0.1, 0.15) is 0 Å². The van der Waals surface area contributed by atoms with Crippen LogP contribution in [-0.2, 0) is 9.59 Å². The predicted octanol–water partition coefficient (Wildman–Crippen LogP) is 1.26. The Labute approximate surface area is 106 Å². The Balaban J connectivity index is 2.54. The summed E-state index contributed by atoms with van der Waals surface area (Å²) in [6.07, 6.45) is -0.278. The molecule has 1 heterocycles. The number of carbonyl (C=O) groups is 2. The average molecular weight is 271 g/mol. The minimum atomic E-state index is -0.812. The van der Waals surface area contributed by atoms with Gasteiger partial charge < -0.3 is 10.0 Å². The molecule has 0 unspecified atom stereocenters. The third-order valence-electron chi connectivity index (χ3n) is 2.51. The average Bonchev–Trinajstić information content (AvgIpc) is 2.60. The van der Waals surface area contributed by atoms with Gasteiger partial charge in [0.05, 0.1) is 23.6 Å². The number of amides is 1. The van der Waals surface area contributed by atoms with Crippen LogP contribution in [0, 0.1) is 10.1 Å². The molecule has 7 nitrogen and oxygen atoms in total. The van der Waals surface area contributed by atoms with E-state index in [0.717, 1.165) is 11.0 Å². The first-order valence-corrected chi connectivity index (χ1v) is 5.27. The van der Waals surface area contributed by atoms with Crippen molar-refractivity contribution in [2.24, 2.45) is 0 Å². The second-order valence-corrected chi connectivity index (χ2v) is 4.18. The second-order valence-electron chi connectivity index (χ2n) is 3.75. The lowest BCUT2D eigenvalue weighted by molar-refractivity contribution is -0.385. The van der Waals surface area contributed by atoms with Crippen LogP contribution in [0.15, 0.2) is 12.1 Å². The monoisotopic (exact) mass is 270 g/mol. The van der Waals surface area contributed by atoms with Crippen molar-refractivity contribution in [2.75, 3.05) is 11.4 Å². The molecule has 0 spiro atoms. The number of carbonyl (C=O) groups excluding carboxylic acids is 2. The molecular weight excluding hydrogens is 264 g/mol. The van der Waals surface area contributed by atoms with E-state index in [9.17, 15) is 24.8 Å². The molecule has 1 saturated heterocycles. The molecule has 0 saturated carbocycles. The standard InChI is InChI=1S/C10H7ClN2O5/c11-5-1-7(10(16)8(2-5)13(17)18)12-4-6(14)3-9(12)15/h1-2,16H,3-4H2. The number of Topliss-reactive ketones (excluding diaryl/α,β-unsaturated/α-hetero) is 1. The molecule has 2 rings (SSSR count). The molecular formula is C10H7ClN2O5.